The molecule has 3 aromatic carbocycles. The van der Waals surface area contributed by atoms with E-state index in [1.165, 1.54) is 30.3 Å². The molecule has 198 valence electrons. The Balaban J connectivity index is 1.49. The van der Waals surface area contributed by atoms with Gasteiger partial charge in [0.05, 0.1) is 37.7 Å². The second-order valence-electron chi connectivity index (χ2n) is 9.49. The quantitative estimate of drug-likeness (QED) is 0.276. The Morgan fingerprint density at radius 3 is 2.58 bits per heavy atom. The largest absolute Gasteiger partial charge is 0.454 e. The van der Waals surface area contributed by atoms with Crippen LogP contribution in [0.4, 0.5) is 11.4 Å². The van der Waals surface area contributed by atoms with Gasteiger partial charge in [-0.2, -0.15) is 0 Å². The maximum atomic E-state index is 14.0. The van der Waals surface area contributed by atoms with Gasteiger partial charge in [0.15, 0.2) is 16.3 Å². The SMILES string of the molecule is O=c1/c(=C\c2cc3c(cc2[N+](=O)[O-])OCO3)sc2n1[C@H](c1cccc([N+](=O)[O-])c1)C1=C(N=2)c2ccccc2CC1. The van der Waals surface area contributed by atoms with Crippen LogP contribution in [-0.4, -0.2) is 21.2 Å². The number of aryl methyl sites for hydroxylation is 1. The van der Waals surface area contributed by atoms with Gasteiger partial charge in [0.2, 0.25) is 6.79 Å². The number of nitrogens with zero attached hydrogens (tertiary/aromatic N) is 4. The molecule has 7 rings (SSSR count). The highest BCUT2D eigenvalue weighted by molar-refractivity contribution is 7.07. The summed E-state index contributed by atoms with van der Waals surface area (Å²) >= 11 is 1.12. The van der Waals surface area contributed by atoms with E-state index in [1.54, 1.807) is 16.7 Å². The van der Waals surface area contributed by atoms with Crippen molar-refractivity contribution in [2.45, 2.75) is 18.9 Å². The first-order valence-electron chi connectivity index (χ1n) is 12.3. The van der Waals surface area contributed by atoms with Crippen molar-refractivity contribution in [1.29, 1.82) is 0 Å². The molecule has 3 aliphatic rings. The molecule has 11 nitrogen and oxygen atoms in total. The van der Waals surface area contributed by atoms with Crippen molar-refractivity contribution in [3.05, 3.63) is 128 Å². The van der Waals surface area contributed by atoms with Crippen LogP contribution in [0.5, 0.6) is 11.5 Å². The monoisotopic (exact) mass is 554 g/mol. The van der Waals surface area contributed by atoms with Crippen molar-refractivity contribution in [1.82, 2.24) is 4.57 Å². The maximum absolute atomic E-state index is 14.0. The fourth-order valence-electron chi connectivity index (χ4n) is 5.49. The second kappa shape index (κ2) is 8.99. The third-order valence-corrected chi connectivity index (χ3v) is 8.26. The molecule has 1 atom stereocenters. The summed E-state index contributed by atoms with van der Waals surface area (Å²) in [6.07, 6.45) is 2.83. The number of aromatic nitrogens is 1. The second-order valence-corrected chi connectivity index (χ2v) is 10.5. The number of ether oxygens (including phenoxy) is 2. The number of hydrogen-bond donors (Lipinski definition) is 0. The molecule has 0 radical (unpaired) electrons. The van der Waals surface area contributed by atoms with Crippen molar-refractivity contribution in [2.75, 3.05) is 6.79 Å². The highest BCUT2D eigenvalue weighted by Crippen LogP contribution is 2.42. The molecule has 1 aromatic heterocycles. The van der Waals surface area contributed by atoms with Gasteiger partial charge in [-0.1, -0.05) is 47.7 Å². The Kier molecular flexibility index (Phi) is 5.39. The predicted octanol–water partition coefficient (Wildman–Crippen LogP) is 3.86. The van der Waals surface area contributed by atoms with E-state index >= 15 is 0 Å². The number of thiazole rings is 1. The van der Waals surface area contributed by atoms with Gasteiger partial charge in [-0.25, -0.2) is 4.99 Å². The van der Waals surface area contributed by atoms with E-state index in [1.807, 2.05) is 24.3 Å². The minimum atomic E-state index is -0.617. The first kappa shape index (κ1) is 24.0. The zero-order valence-electron chi connectivity index (χ0n) is 20.6. The van der Waals surface area contributed by atoms with Crippen LogP contribution < -0.4 is 24.4 Å². The molecule has 1 aliphatic carbocycles. The van der Waals surface area contributed by atoms with Crippen LogP contribution >= 0.6 is 11.3 Å². The highest BCUT2D eigenvalue weighted by Gasteiger charge is 2.33. The molecular weight excluding hydrogens is 536 g/mol. The van der Waals surface area contributed by atoms with E-state index in [9.17, 15) is 25.0 Å². The van der Waals surface area contributed by atoms with Crippen LogP contribution in [0.3, 0.4) is 0 Å². The lowest BCUT2D eigenvalue weighted by molar-refractivity contribution is -0.385. The van der Waals surface area contributed by atoms with Gasteiger partial charge in [0.1, 0.15) is 0 Å². The van der Waals surface area contributed by atoms with Gasteiger partial charge in [-0.15, -0.1) is 0 Å². The average molecular weight is 555 g/mol. The summed E-state index contributed by atoms with van der Waals surface area (Å²) in [5, 5.41) is 23.4. The topological polar surface area (TPSA) is 139 Å². The van der Waals surface area contributed by atoms with Crippen LogP contribution in [0.15, 0.2) is 76.0 Å². The van der Waals surface area contributed by atoms with Crippen LogP contribution in [0.1, 0.15) is 34.7 Å². The Hall–Kier alpha value is -5.10. The van der Waals surface area contributed by atoms with Crippen LogP contribution in [0.25, 0.3) is 11.8 Å². The minimum absolute atomic E-state index is 0.0473. The van der Waals surface area contributed by atoms with Crippen molar-refractivity contribution in [3.8, 4) is 11.5 Å². The number of allylic oxidation sites excluding steroid dienone is 1. The lowest BCUT2D eigenvalue weighted by atomic mass is 9.83. The molecule has 2 aliphatic heterocycles. The van der Waals surface area contributed by atoms with Gasteiger partial charge in [-0.05, 0) is 41.7 Å². The summed E-state index contributed by atoms with van der Waals surface area (Å²) in [7, 11) is 0. The molecule has 0 unspecified atom stereocenters. The number of non-ortho nitro benzene ring substituents is 1. The smallest absolute Gasteiger partial charge is 0.280 e. The van der Waals surface area contributed by atoms with Crippen molar-refractivity contribution >= 4 is 34.5 Å². The molecule has 12 heteroatoms. The van der Waals surface area contributed by atoms with E-state index in [2.05, 4.69) is 0 Å². The summed E-state index contributed by atoms with van der Waals surface area (Å²) < 4.78 is 12.5. The molecule has 4 aromatic rings. The molecule has 40 heavy (non-hydrogen) atoms. The van der Waals surface area contributed by atoms with E-state index in [0.29, 0.717) is 22.5 Å². The summed E-state index contributed by atoms with van der Waals surface area (Å²) in [5.74, 6) is 0.619. The van der Waals surface area contributed by atoms with Crippen molar-refractivity contribution in [2.24, 2.45) is 4.99 Å². The number of benzene rings is 3. The maximum Gasteiger partial charge on any atom is 0.280 e. The third kappa shape index (κ3) is 3.72. The lowest BCUT2D eigenvalue weighted by Crippen LogP contribution is -2.38. The predicted molar refractivity (Wildman–Crippen MR) is 145 cm³/mol. The van der Waals surface area contributed by atoms with Crippen molar-refractivity contribution < 1.29 is 19.3 Å². The van der Waals surface area contributed by atoms with Crippen LogP contribution in [0, 0.1) is 20.2 Å². The normalized spacial score (nSPS) is 17.1. The van der Waals surface area contributed by atoms with Gasteiger partial charge in [0.25, 0.3) is 16.9 Å². The lowest BCUT2D eigenvalue weighted by Gasteiger charge is -2.30. The van der Waals surface area contributed by atoms with Gasteiger partial charge in [0, 0.05) is 17.7 Å². The van der Waals surface area contributed by atoms with Gasteiger partial charge >= 0.3 is 0 Å². The number of nitro groups is 2. The molecule has 0 amide bonds. The van der Waals surface area contributed by atoms with Crippen LogP contribution in [-0.2, 0) is 6.42 Å². The molecule has 0 fully saturated rings. The van der Waals surface area contributed by atoms with Crippen molar-refractivity contribution in [3.63, 3.8) is 0 Å². The summed E-state index contributed by atoms with van der Waals surface area (Å²) in [5.41, 5.74) is 3.84. The number of fused-ring (bicyclic) bond motifs is 4. The van der Waals surface area contributed by atoms with Crippen LogP contribution in [0.2, 0.25) is 0 Å². The minimum Gasteiger partial charge on any atom is -0.454 e. The van der Waals surface area contributed by atoms with Gasteiger partial charge < -0.3 is 9.47 Å². The van der Waals surface area contributed by atoms with E-state index in [4.69, 9.17) is 14.5 Å². The summed E-state index contributed by atoms with van der Waals surface area (Å²) in [4.78, 5) is 41.7. The third-order valence-electron chi connectivity index (χ3n) is 7.27. The molecule has 3 heterocycles. The Labute approximate surface area is 228 Å². The molecule has 0 spiro atoms. The first-order chi connectivity index (χ1) is 19.4. The van der Waals surface area contributed by atoms with E-state index in [0.717, 1.165) is 40.2 Å². The Bertz CT molecular complexity index is 1990. The molecule has 0 saturated carbocycles. The van der Waals surface area contributed by atoms with E-state index in [-0.39, 0.29) is 34.0 Å². The molecule has 0 saturated heterocycles. The Morgan fingerprint density at radius 1 is 0.975 bits per heavy atom. The number of nitro benzene ring substituents is 2. The fraction of sp³-hybridized carbons (Fsp3) is 0.143. The zero-order valence-corrected chi connectivity index (χ0v) is 21.4. The summed E-state index contributed by atoms with van der Waals surface area (Å²) in [6, 6.07) is 16.4. The molecule has 0 bridgehead atoms. The standard InChI is InChI=1S/C28H18N4O7S/c33-27-24(12-17-11-22-23(39-14-38-22)13-21(17)32(36)37)40-28-29-25-19-7-2-1-4-15(19)8-9-20(25)26(30(27)28)16-5-3-6-18(10-16)31(34)35/h1-7,10-13,26H,8-9,14H2/b24-12+/t26-/m1/s1. The fourth-order valence-corrected chi connectivity index (χ4v) is 6.48. The highest BCUT2D eigenvalue weighted by atomic mass is 32.1. The number of rotatable bonds is 4. The molecule has 0 N–H and O–H groups in total. The summed E-state index contributed by atoms with van der Waals surface area (Å²) in [6.45, 7) is -0.0473. The van der Waals surface area contributed by atoms with E-state index < -0.39 is 21.4 Å². The Morgan fingerprint density at radius 2 is 1.77 bits per heavy atom. The first-order valence-corrected chi connectivity index (χ1v) is 13.2. The number of hydrogen-bond acceptors (Lipinski definition) is 9. The average Bonchev–Trinajstić information content (AvgIpc) is 3.54. The zero-order chi connectivity index (χ0) is 27.5. The van der Waals surface area contributed by atoms with Gasteiger partial charge in [-0.3, -0.25) is 29.6 Å². The molecular formula is C28H18N4O7S.